The third-order valence-electron chi connectivity index (χ3n) is 2.51. The largest absolute Gasteiger partial charge is 0.481 e. The molecule has 1 aromatic carbocycles. The zero-order valence-corrected chi connectivity index (χ0v) is 10.7. The van der Waals surface area contributed by atoms with Crippen LogP contribution in [0.15, 0.2) is 24.3 Å². The monoisotopic (exact) mass is 260 g/mol. The first-order valence-electron chi connectivity index (χ1n) is 5.79. The van der Waals surface area contributed by atoms with E-state index in [1.807, 2.05) is 0 Å². The maximum atomic E-state index is 11.6. The standard InChI is InChI=1S/C14H16N2O3/c1-3-10-16(2)14(19)15-12-7-4-11(5-8-12)6-9-13(17)18/h1,4-5,7-8H,6,9-10H2,2H3,(H,15,19)(H,17,18). The molecule has 2 amide bonds. The molecule has 5 heteroatoms. The van der Waals surface area contributed by atoms with Gasteiger partial charge in [0.25, 0.3) is 0 Å². The summed E-state index contributed by atoms with van der Waals surface area (Å²) in [7, 11) is 1.61. The zero-order valence-electron chi connectivity index (χ0n) is 10.7. The topological polar surface area (TPSA) is 69.6 Å². The molecule has 0 bridgehead atoms. The molecule has 0 heterocycles. The lowest BCUT2D eigenvalue weighted by Gasteiger charge is -2.15. The maximum absolute atomic E-state index is 11.6. The molecule has 0 atom stereocenters. The Morgan fingerprint density at radius 1 is 1.37 bits per heavy atom. The van der Waals surface area contributed by atoms with Crippen LogP contribution >= 0.6 is 0 Å². The number of hydrogen-bond donors (Lipinski definition) is 2. The third-order valence-corrected chi connectivity index (χ3v) is 2.51. The number of nitrogens with one attached hydrogen (secondary N) is 1. The van der Waals surface area contributed by atoms with E-state index < -0.39 is 5.97 Å². The molecular formula is C14H16N2O3. The lowest BCUT2D eigenvalue weighted by atomic mass is 10.1. The predicted molar refractivity (Wildman–Crippen MR) is 72.9 cm³/mol. The molecule has 0 saturated heterocycles. The van der Waals surface area contributed by atoms with Crippen molar-refractivity contribution in [3.8, 4) is 12.3 Å². The molecule has 2 N–H and O–H groups in total. The number of carboxylic acids is 1. The van der Waals surface area contributed by atoms with Gasteiger partial charge in [0.1, 0.15) is 0 Å². The molecule has 0 aliphatic heterocycles. The van der Waals surface area contributed by atoms with Crippen LogP contribution in [-0.2, 0) is 11.2 Å². The van der Waals surface area contributed by atoms with Gasteiger partial charge in [0.15, 0.2) is 0 Å². The van der Waals surface area contributed by atoms with Crippen molar-refractivity contribution in [2.75, 3.05) is 18.9 Å². The van der Waals surface area contributed by atoms with Crippen molar-refractivity contribution < 1.29 is 14.7 Å². The molecule has 1 rings (SSSR count). The highest BCUT2D eigenvalue weighted by atomic mass is 16.4. The molecule has 100 valence electrons. The second kappa shape index (κ2) is 7.07. The number of carboxylic acid groups (broad SMARTS) is 1. The summed E-state index contributed by atoms with van der Waals surface area (Å²) in [4.78, 5) is 23.5. The number of terminal acetylenes is 1. The van der Waals surface area contributed by atoms with Crippen molar-refractivity contribution in [2.24, 2.45) is 0 Å². The molecule has 0 aliphatic rings. The van der Waals surface area contributed by atoms with E-state index >= 15 is 0 Å². The lowest BCUT2D eigenvalue weighted by Crippen LogP contribution is -2.31. The summed E-state index contributed by atoms with van der Waals surface area (Å²) in [5.41, 5.74) is 1.56. The number of anilines is 1. The lowest BCUT2D eigenvalue weighted by molar-refractivity contribution is -0.136. The fraction of sp³-hybridized carbons (Fsp3) is 0.286. The molecule has 0 aliphatic carbocycles. The molecule has 0 spiro atoms. The first kappa shape index (κ1) is 14.6. The predicted octanol–water partition coefficient (Wildman–Crippen LogP) is 1.80. The second-order valence-corrected chi connectivity index (χ2v) is 4.08. The smallest absolute Gasteiger partial charge is 0.322 e. The average Bonchev–Trinajstić information content (AvgIpc) is 2.38. The first-order valence-corrected chi connectivity index (χ1v) is 5.79. The summed E-state index contributed by atoms with van der Waals surface area (Å²) < 4.78 is 0. The molecule has 0 unspecified atom stereocenters. The number of nitrogens with zero attached hydrogens (tertiary/aromatic N) is 1. The summed E-state index contributed by atoms with van der Waals surface area (Å²) >= 11 is 0. The summed E-state index contributed by atoms with van der Waals surface area (Å²) in [6.07, 6.45) is 5.69. The summed E-state index contributed by atoms with van der Waals surface area (Å²) in [6.45, 7) is 0.239. The van der Waals surface area contributed by atoms with Gasteiger partial charge >= 0.3 is 12.0 Å². The van der Waals surface area contributed by atoms with Crippen LogP contribution in [0.1, 0.15) is 12.0 Å². The molecule has 19 heavy (non-hydrogen) atoms. The fourth-order valence-electron chi connectivity index (χ4n) is 1.43. The molecule has 1 aromatic rings. The maximum Gasteiger partial charge on any atom is 0.322 e. The van der Waals surface area contributed by atoms with Gasteiger partial charge in [-0.1, -0.05) is 18.1 Å². The van der Waals surface area contributed by atoms with Crippen molar-refractivity contribution in [1.29, 1.82) is 0 Å². The van der Waals surface area contributed by atoms with Gasteiger partial charge < -0.3 is 15.3 Å². The third kappa shape index (κ3) is 5.13. The number of carbonyl (C=O) groups is 2. The van der Waals surface area contributed by atoms with E-state index in [1.54, 1.807) is 31.3 Å². The minimum Gasteiger partial charge on any atom is -0.481 e. The number of benzene rings is 1. The Morgan fingerprint density at radius 3 is 2.53 bits per heavy atom. The Labute approximate surface area is 112 Å². The summed E-state index contributed by atoms with van der Waals surface area (Å²) in [5.74, 6) is 1.55. The van der Waals surface area contributed by atoms with Crippen molar-refractivity contribution >= 4 is 17.7 Å². The second-order valence-electron chi connectivity index (χ2n) is 4.08. The summed E-state index contributed by atoms with van der Waals surface area (Å²) in [5, 5.41) is 11.3. The van der Waals surface area contributed by atoms with Crippen molar-refractivity contribution in [1.82, 2.24) is 4.90 Å². The van der Waals surface area contributed by atoms with E-state index in [1.165, 1.54) is 4.90 Å². The normalized spacial score (nSPS) is 9.47. The Bertz CT molecular complexity index is 488. The van der Waals surface area contributed by atoms with Crippen LogP contribution in [0.2, 0.25) is 0 Å². The Hall–Kier alpha value is -2.48. The number of aryl methyl sites for hydroxylation is 1. The molecule has 5 nitrogen and oxygen atoms in total. The number of amides is 2. The van der Waals surface area contributed by atoms with E-state index in [-0.39, 0.29) is 19.0 Å². The minimum absolute atomic E-state index is 0.0939. The fourth-order valence-corrected chi connectivity index (χ4v) is 1.43. The summed E-state index contributed by atoms with van der Waals surface area (Å²) in [6, 6.07) is 6.77. The Morgan fingerprint density at radius 2 is 2.00 bits per heavy atom. The number of aliphatic carboxylic acids is 1. The first-order chi connectivity index (χ1) is 9.02. The van der Waals surface area contributed by atoms with Crippen LogP contribution in [-0.4, -0.2) is 35.6 Å². The SMILES string of the molecule is C#CCN(C)C(=O)Nc1ccc(CCC(=O)O)cc1. The molecule has 0 aromatic heterocycles. The van der Waals surface area contributed by atoms with Gasteiger partial charge in [-0.25, -0.2) is 4.79 Å². The van der Waals surface area contributed by atoms with E-state index in [2.05, 4.69) is 11.2 Å². The average molecular weight is 260 g/mol. The van der Waals surface area contributed by atoms with E-state index in [0.29, 0.717) is 12.1 Å². The van der Waals surface area contributed by atoms with Gasteiger partial charge in [-0.15, -0.1) is 6.42 Å². The molecular weight excluding hydrogens is 244 g/mol. The van der Waals surface area contributed by atoms with Gasteiger partial charge in [-0.3, -0.25) is 4.79 Å². The molecule has 0 fully saturated rings. The Kier molecular flexibility index (Phi) is 5.42. The molecule has 0 radical (unpaired) electrons. The van der Waals surface area contributed by atoms with Crippen molar-refractivity contribution in [2.45, 2.75) is 12.8 Å². The number of urea groups is 1. The van der Waals surface area contributed by atoms with Crippen LogP contribution in [0, 0.1) is 12.3 Å². The highest BCUT2D eigenvalue weighted by Gasteiger charge is 2.07. The van der Waals surface area contributed by atoms with E-state index in [4.69, 9.17) is 11.5 Å². The van der Waals surface area contributed by atoms with Gasteiger partial charge in [-0.05, 0) is 24.1 Å². The van der Waals surface area contributed by atoms with Gasteiger partial charge in [-0.2, -0.15) is 0 Å². The van der Waals surface area contributed by atoms with Crippen LogP contribution in [0.3, 0.4) is 0 Å². The van der Waals surface area contributed by atoms with Crippen molar-refractivity contribution in [3.63, 3.8) is 0 Å². The quantitative estimate of drug-likeness (QED) is 0.793. The van der Waals surface area contributed by atoms with Crippen LogP contribution < -0.4 is 5.32 Å². The van der Waals surface area contributed by atoms with Crippen LogP contribution in [0.5, 0.6) is 0 Å². The minimum atomic E-state index is -0.826. The Balaban J connectivity index is 2.55. The van der Waals surface area contributed by atoms with Crippen LogP contribution in [0.4, 0.5) is 10.5 Å². The van der Waals surface area contributed by atoms with E-state index in [9.17, 15) is 9.59 Å². The van der Waals surface area contributed by atoms with Gasteiger partial charge in [0, 0.05) is 19.2 Å². The number of hydrogen-bond acceptors (Lipinski definition) is 2. The number of carbonyl (C=O) groups excluding carboxylic acids is 1. The number of rotatable bonds is 5. The van der Waals surface area contributed by atoms with E-state index in [0.717, 1.165) is 5.56 Å². The molecule has 0 saturated carbocycles. The van der Waals surface area contributed by atoms with Gasteiger partial charge in [0.2, 0.25) is 0 Å². The zero-order chi connectivity index (χ0) is 14.3. The van der Waals surface area contributed by atoms with Crippen LogP contribution in [0.25, 0.3) is 0 Å². The van der Waals surface area contributed by atoms with Crippen molar-refractivity contribution in [3.05, 3.63) is 29.8 Å². The highest BCUT2D eigenvalue weighted by Crippen LogP contribution is 2.11. The highest BCUT2D eigenvalue weighted by molar-refractivity contribution is 5.89. The van der Waals surface area contributed by atoms with Gasteiger partial charge in [0.05, 0.1) is 6.54 Å².